The molecule has 1 aromatic carbocycles. The van der Waals surface area contributed by atoms with Crippen LogP contribution in [0.15, 0.2) is 24.3 Å². The molecule has 0 heterocycles. The molecule has 0 amide bonds. The summed E-state index contributed by atoms with van der Waals surface area (Å²) in [6.07, 6.45) is 4.36. The standard InChI is InChI=1S/C12H14N2/c13-9-10-5-1-2-6-11(10)12(14)7-3-4-8-12/h1-2,5-6H,3-4,7-8,14H2. The van der Waals surface area contributed by atoms with E-state index in [2.05, 4.69) is 6.07 Å². The van der Waals surface area contributed by atoms with Crippen molar-refractivity contribution in [2.45, 2.75) is 31.2 Å². The van der Waals surface area contributed by atoms with Crippen molar-refractivity contribution in [1.29, 1.82) is 5.26 Å². The number of hydrogen-bond acceptors (Lipinski definition) is 2. The first-order chi connectivity index (χ1) is 6.76. The van der Waals surface area contributed by atoms with E-state index >= 15 is 0 Å². The van der Waals surface area contributed by atoms with Crippen LogP contribution in [0.1, 0.15) is 36.8 Å². The van der Waals surface area contributed by atoms with Gasteiger partial charge in [0, 0.05) is 5.54 Å². The van der Waals surface area contributed by atoms with Crippen LogP contribution >= 0.6 is 0 Å². The Balaban J connectivity index is 2.45. The molecule has 1 saturated carbocycles. The van der Waals surface area contributed by atoms with Gasteiger partial charge in [0.2, 0.25) is 0 Å². The monoisotopic (exact) mass is 186 g/mol. The molecule has 0 radical (unpaired) electrons. The molecular formula is C12H14N2. The number of benzene rings is 1. The molecule has 1 aliphatic rings. The predicted molar refractivity (Wildman–Crippen MR) is 55.5 cm³/mol. The molecule has 0 bridgehead atoms. The van der Waals surface area contributed by atoms with Gasteiger partial charge in [0.15, 0.2) is 0 Å². The second-order valence-corrected chi connectivity index (χ2v) is 4.02. The zero-order chi connectivity index (χ0) is 10.0. The van der Waals surface area contributed by atoms with E-state index in [-0.39, 0.29) is 5.54 Å². The minimum atomic E-state index is -0.244. The second kappa shape index (κ2) is 3.43. The Morgan fingerprint density at radius 1 is 1.21 bits per heavy atom. The normalized spacial score (nSPS) is 19.1. The van der Waals surface area contributed by atoms with Gasteiger partial charge in [-0.1, -0.05) is 31.0 Å². The van der Waals surface area contributed by atoms with Crippen LogP contribution in [-0.4, -0.2) is 0 Å². The summed E-state index contributed by atoms with van der Waals surface area (Å²) in [5, 5.41) is 8.99. The van der Waals surface area contributed by atoms with Crippen LogP contribution in [0, 0.1) is 11.3 Å². The highest BCUT2D eigenvalue weighted by molar-refractivity contribution is 5.42. The Labute approximate surface area is 84.3 Å². The molecule has 72 valence electrons. The molecule has 0 atom stereocenters. The Hall–Kier alpha value is -1.33. The Kier molecular flexibility index (Phi) is 2.26. The summed E-state index contributed by atoms with van der Waals surface area (Å²) in [6.45, 7) is 0. The highest BCUT2D eigenvalue weighted by Gasteiger charge is 2.32. The van der Waals surface area contributed by atoms with Crippen molar-refractivity contribution in [2.24, 2.45) is 5.73 Å². The topological polar surface area (TPSA) is 49.8 Å². The van der Waals surface area contributed by atoms with E-state index in [1.165, 1.54) is 12.8 Å². The summed E-state index contributed by atoms with van der Waals surface area (Å²) in [6, 6.07) is 9.91. The molecule has 14 heavy (non-hydrogen) atoms. The van der Waals surface area contributed by atoms with Crippen molar-refractivity contribution in [3.8, 4) is 6.07 Å². The predicted octanol–water partition coefficient (Wildman–Crippen LogP) is 2.29. The third kappa shape index (κ3) is 1.40. The van der Waals surface area contributed by atoms with Crippen LogP contribution in [-0.2, 0) is 5.54 Å². The fraction of sp³-hybridized carbons (Fsp3) is 0.417. The lowest BCUT2D eigenvalue weighted by Gasteiger charge is -2.25. The third-order valence-electron chi connectivity index (χ3n) is 3.08. The van der Waals surface area contributed by atoms with E-state index < -0.39 is 0 Å². The van der Waals surface area contributed by atoms with E-state index in [1.54, 1.807) is 0 Å². The minimum Gasteiger partial charge on any atom is -0.321 e. The lowest BCUT2D eigenvalue weighted by molar-refractivity contribution is 0.460. The molecule has 0 saturated heterocycles. The van der Waals surface area contributed by atoms with Gasteiger partial charge in [-0.15, -0.1) is 0 Å². The summed E-state index contributed by atoms with van der Waals surface area (Å²) in [7, 11) is 0. The maximum absolute atomic E-state index is 8.99. The first-order valence-electron chi connectivity index (χ1n) is 5.05. The minimum absolute atomic E-state index is 0.244. The molecule has 0 spiro atoms. The third-order valence-corrected chi connectivity index (χ3v) is 3.08. The van der Waals surface area contributed by atoms with E-state index in [4.69, 9.17) is 11.0 Å². The van der Waals surface area contributed by atoms with Crippen molar-refractivity contribution in [1.82, 2.24) is 0 Å². The second-order valence-electron chi connectivity index (χ2n) is 4.02. The molecule has 0 aromatic heterocycles. The Bertz CT molecular complexity index is 370. The quantitative estimate of drug-likeness (QED) is 0.731. The number of nitrogens with two attached hydrogens (primary N) is 1. The maximum Gasteiger partial charge on any atom is 0.0995 e. The van der Waals surface area contributed by atoms with Crippen LogP contribution < -0.4 is 5.73 Å². The van der Waals surface area contributed by atoms with Gasteiger partial charge in [-0.25, -0.2) is 0 Å². The molecule has 0 aliphatic heterocycles. The molecule has 1 fully saturated rings. The largest absolute Gasteiger partial charge is 0.321 e. The van der Waals surface area contributed by atoms with Gasteiger partial charge in [0.25, 0.3) is 0 Å². The molecule has 1 aliphatic carbocycles. The number of nitriles is 1. The molecule has 1 aromatic rings. The van der Waals surface area contributed by atoms with Gasteiger partial charge in [-0.2, -0.15) is 5.26 Å². The maximum atomic E-state index is 8.99. The Morgan fingerprint density at radius 2 is 1.86 bits per heavy atom. The van der Waals surface area contributed by atoms with Crippen molar-refractivity contribution in [2.75, 3.05) is 0 Å². The highest BCUT2D eigenvalue weighted by Crippen LogP contribution is 2.37. The number of hydrogen-bond donors (Lipinski definition) is 1. The van der Waals surface area contributed by atoms with Crippen molar-refractivity contribution in [3.63, 3.8) is 0 Å². The average Bonchev–Trinajstić information content (AvgIpc) is 2.66. The van der Waals surface area contributed by atoms with Crippen LogP contribution in [0.4, 0.5) is 0 Å². The fourth-order valence-corrected chi connectivity index (χ4v) is 2.29. The molecule has 2 N–H and O–H groups in total. The summed E-state index contributed by atoms with van der Waals surface area (Å²) in [5.74, 6) is 0. The molecular weight excluding hydrogens is 172 g/mol. The average molecular weight is 186 g/mol. The van der Waals surface area contributed by atoms with Crippen LogP contribution in [0.2, 0.25) is 0 Å². The lowest BCUT2D eigenvalue weighted by atomic mass is 9.86. The SMILES string of the molecule is N#Cc1ccccc1C1(N)CCCC1. The molecule has 2 heteroatoms. The van der Waals surface area contributed by atoms with Gasteiger partial charge >= 0.3 is 0 Å². The smallest absolute Gasteiger partial charge is 0.0995 e. The molecule has 2 nitrogen and oxygen atoms in total. The number of rotatable bonds is 1. The van der Waals surface area contributed by atoms with Crippen molar-refractivity contribution in [3.05, 3.63) is 35.4 Å². The molecule has 2 rings (SSSR count). The van der Waals surface area contributed by atoms with E-state index in [0.29, 0.717) is 0 Å². The van der Waals surface area contributed by atoms with Crippen LogP contribution in [0.5, 0.6) is 0 Å². The van der Waals surface area contributed by atoms with Gasteiger partial charge < -0.3 is 5.73 Å². The first kappa shape index (κ1) is 9.23. The van der Waals surface area contributed by atoms with E-state index in [1.807, 2.05) is 24.3 Å². The van der Waals surface area contributed by atoms with E-state index in [9.17, 15) is 0 Å². The summed E-state index contributed by atoms with van der Waals surface area (Å²) < 4.78 is 0. The van der Waals surface area contributed by atoms with Crippen molar-refractivity contribution >= 4 is 0 Å². The van der Waals surface area contributed by atoms with Gasteiger partial charge in [0.1, 0.15) is 0 Å². The lowest BCUT2D eigenvalue weighted by Crippen LogP contribution is -2.33. The van der Waals surface area contributed by atoms with Gasteiger partial charge in [-0.3, -0.25) is 0 Å². The van der Waals surface area contributed by atoms with Crippen molar-refractivity contribution < 1.29 is 0 Å². The first-order valence-corrected chi connectivity index (χ1v) is 5.05. The fourth-order valence-electron chi connectivity index (χ4n) is 2.29. The van der Waals surface area contributed by atoms with Gasteiger partial charge in [0.05, 0.1) is 11.6 Å². The Morgan fingerprint density at radius 3 is 2.50 bits per heavy atom. The van der Waals surface area contributed by atoms with Crippen LogP contribution in [0.25, 0.3) is 0 Å². The highest BCUT2D eigenvalue weighted by atomic mass is 14.8. The summed E-state index contributed by atoms with van der Waals surface area (Å²) >= 11 is 0. The van der Waals surface area contributed by atoms with E-state index in [0.717, 1.165) is 24.0 Å². The zero-order valence-electron chi connectivity index (χ0n) is 8.16. The zero-order valence-corrected chi connectivity index (χ0v) is 8.16. The number of nitrogens with zero attached hydrogens (tertiary/aromatic N) is 1. The summed E-state index contributed by atoms with van der Waals surface area (Å²) in [5.41, 5.74) is 7.82. The molecule has 0 unspecified atom stereocenters. The van der Waals surface area contributed by atoms with Crippen LogP contribution in [0.3, 0.4) is 0 Å². The van der Waals surface area contributed by atoms with Gasteiger partial charge in [-0.05, 0) is 24.5 Å². The summed E-state index contributed by atoms with van der Waals surface area (Å²) in [4.78, 5) is 0.